The summed E-state index contributed by atoms with van der Waals surface area (Å²) >= 11 is 1.71. The fourth-order valence-corrected chi connectivity index (χ4v) is 3.04. The topological polar surface area (TPSA) is 30.7 Å². The van der Waals surface area contributed by atoms with Crippen molar-refractivity contribution in [2.75, 3.05) is 0 Å². The minimum Gasteiger partial charge on any atom is -0.277 e. The summed E-state index contributed by atoms with van der Waals surface area (Å²) in [6, 6.07) is 18.2. The molecule has 0 bridgehead atoms. The van der Waals surface area contributed by atoms with Gasteiger partial charge in [-0.1, -0.05) is 24.3 Å². The van der Waals surface area contributed by atoms with E-state index in [1.165, 1.54) is 4.88 Å². The van der Waals surface area contributed by atoms with Crippen molar-refractivity contribution >= 4 is 34.5 Å². The second-order valence-electron chi connectivity index (χ2n) is 4.83. The molecule has 0 fully saturated rings. The first-order chi connectivity index (χ1) is 10.9. The molecule has 4 rings (SSSR count). The van der Waals surface area contributed by atoms with Crippen LogP contribution in [-0.4, -0.2) is 14.5 Å². The lowest BCUT2D eigenvalue weighted by Crippen LogP contribution is -1.99. The van der Waals surface area contributed by atoms with Gasteiger partial charge in [-0.3, -0.25) is 4.57 Å². The van der Waals surface area contributed by atoms with Crippen LogP contribution in [-0.2, 0) is 0 Å². The first kappa shape index (κ1) is 13.0. The van der Waals surface area contributed by atoms with Crippen LogP contribution in [0.4, 0.5) is 0 Å². The molecular formula is C18H13N3S. The quantitative estimate of drug-likeness (QED) is 0.551. The lowest BCUT2D eigenvalue weighted by atomic mass is 10.3. The van der Waals surface area contributed by atoms with Crippen molar-refractivity contribution < 1.29 is 0 Å². The van der Waals surface area contributed by atoms with Gasteiger partial charge in [-0.05, 0) is 47.9 Å². The minimum atomic E-state index is 0.877. The summed E-state index contributed by atoms with van der Waals surface area (Å²) < 4.78 is 2.08. The molecule has 0 radical (unpaired) electrons. The summed E-state index contributed by atoms with van der Waals surface area (Å²) in [5.74, 6) is 1.76. The van der Waals surface area contributed by atoms with Crippen molar-refractivity contribution in [2.24, 2.45) is 0 Å². The second kappa shape index (κ2) is 5.58. The van der Waals surface area contributed by atoms with E-state index in [1.807, 2.05) is 48.5 Å². The average Bonchev–Trinajstić information content (AvgIpc) is 3.21. The lowest BCUT2D eigenvalue weighted by molar-refractivity contribution is 1.01. The summed E-state index contributed by atoms with van der Waals surface area (Å²) in [4.78, 5) is 10.4. The van der Waals surface area contributed by atoms with Crippen LogP contribution >= 0.6 is 11.3 Å². The first-order valence-electron chi connectivity index (χ1n) is 7.02. The predicted octanol–water partition coefficient (Wildman–Crippen LogP) is 4.65. The van der Waals surface area contributed by atoms with Crippen molar-refractivity contribution in [3.8, 4) is 5.82 Å². The van der Waals surface area contributed by atoms with Gasteiger partial charge < -0.3 is 0 Å². The smallest absolute Gasteiger partial charge is 0.139 e. The van der Waals surface area contributed by atoms with Crippen molar-refractivity contribution in [1.82, 2.24) is 14.5 Å². The number of aromatic nitrogens is 3. The Kier molecular flexibility index (Phi) is 3.29. The molecule has 0 aliphatic rings. The molecule has 0 N–H and O–H groups in total. The highest BCUT2D eigenvalue weighted by molar-refractivity contribution is 7.10. The number of rotatable bonds is 3. The van der Waals surface area contributed by atoms with Gasteiger partial charge in [0.15, 0.2) is 0 Å². The molecule has 3 nitrogen and oxygen atoms in total. The third-order valence-corrected chi connectivity index (χ3v) is 4.24. The van der Waals surface area contributed by atoms with Crippen LogP contribution in [0.1, 0.15) is 10.7 Å². The summed E-state index contributed by atoms with van der Waals surface area (Å²) in [6.45, 7) is 0. The fourth-order valence-electron chi connectivity index (χ4n) is 2.43. The molecule has 0 saturated heterocycles. The summed E-state index contributed by atoms with van der Waals surface area (Å²) in [6.07, 6.45) is 5.93. The number of para-hydroxylation sites is 2. The summed E-state index contributed by atoms with van der Waals surface area (Å²) in [5, 5.41) is 2.07. The van der Waals surface area contributed by atoms with Gasteiger partial charge in [0.1, 0.15) is 11.6 Å². The van der Waals surface area contributed by atoms with E-state index in [9.17, 15) is 0 Å². The Morgan fingerprint density at radius 3 is 2.64 bits per heavy atom. The number of hydrogen-bond donors (Lipinski definition) is 0. The van der Waals surface area contributed by atoms with Gasteiger partial charge in [-0.15, -0.1) is 11.3 Å². The second-order valence-corrected chi connectivity index (χ2v) is 5.81. The SMILES string of the molecule is C(=Cc1nc2ccccc2n1-c1ccccn1)c1cccs1. The van der Waals surface area contributed by atoms with E-state index in [1.54, 1.807) is 17.5 Å². The van der Waals surface area contributed by atoms with Gasteiger partial charge >= 0.3 is 0 Å². The zero-order valence-corrected chi connectivity index (χ0v) is 12.6. The first-order valence-corrected chi connectivity index (χ1v) is 7.90. The van der Waals surface area contributed by atoms with E-state index in [4.69, 9.17) is 4.98 Å². The van der Waals surface area contributed by atoms with Crippen LogP contribution in [0.3, 0.4) is 0 Å². The number of fused-ring (bicyclic) bond motifs is 1. The van der Waals surface area contributed by atoms with Crippen molar-refractivity contribution in [2.45, 2.75) is 0 Å². The van der Waals surface area contributed by atoms with Gasteiger partial charge in [0, 0.05) is 11.1 Å². The van der Waals surface area contributed by atoms with E-state index in [0.717, 1.165) is 22.7 Å². The molecule has 0 atom stereocenters. The highest BCUT2D eigenvalue weighted by Crippen LogP contribution is 2.22. The molecule has 3 heterocycles. The number of hydrogen-bond acceptors (Lipinski definition) is 3. The molecule has 0 amide bonds. The Balaban J connectivity index is 1.90. The van der Waals surface area contributed by atoms with Gasteiger partial charge in [-0.25, -0.2) is 9.97 Å². The molecule has 0 spiro atoms. The molecule has 0 unspecified atom stereocenters. The Morgan fingerprint density at radius 2 is 1.82 bits per heavy atom. The zero-order chi connectivity index (χ0) is 14.8. The van der Waals surface area contributed by atoms with E-state index < -0.39 is 0 Å². The largest absolute Gasteiger partial charge is 0.277 e. The maximum atomic E-state index is 4.73. The van der Waals surface area contributed by atoms with Gasteiger partial charge in [0.25, 0.3) is 0 Å². The standard InChI is InChI=1S/C18H13N3S/c1-2-8-16-15(7-1)20-18(11-10-14-6-5-13-22-14)21(16)17-9-3-4-12-19-17/h1-13H. The van der Waals surface area contributed by atoms with E-state index >= 15 is 0 Å². The lowest BCUT2D eigenvalue weighted by Gasteiger charge is -2.05. The maximum Gasteiger partial charge on any atom is 0.139 e. The molecule has 22 heavy (non-hydrogen) atoms. The summed E-state index contributed by atoms with van der Waals surface area (Å²) in [5.41, 5.74) is 2.03. The Labute approximate surface area is 132 Å². The molecule has 0 aliphatic heterocycles. The van der Waals surface area contributed by atoms with Crippen molar-refractivity contribution in [3.63, 3.8) is 0 Å². The van der Waals surface area contributed by atoms with Crippen molar-refractivity contribution in [1.29, 1.82) is 0 Å². The van der Waals surface area contributed by atoms with Crippen LogP contribution in [0.15, 0.2) is 66.2 Å². The van der Waals surface area contributed by atoms with Crippen LogP contribution in [0.25, 0.3) is 29.0 Å². The van der Waals surface area contributed by atoms with Gasteiger partial charge in [0.2, 0.25) is 0 Å². The third kappa shape index (κ3) is 2.34. The molecule has 4 aromatic rings. The van der Waals surface area contributed by atoms with Crippen LogP contribution < -0.4 is 0 Å². The van der Waals surface area contributed by atoms with Gasteiger partial charge in [-0.2, -0.15) is 0 Å². The molecular weight excluding hydrogens is 290 g/mol. The van der Waals surface area contributed by atoms with E-state index in [0.29, 0.717) is 0 Å². The number of imidazole rings is 1. The van der Waals surface area contributed by atoms with Crippen LogP contribution in [0.2, 0.25) is 0 Å². The maximum absolute atomic E-state index is 4.73. The molecule has 0 saturated carbocycles. The molecule has 1 aromatic carbocycles. The minimum absolute atomic E-state index is 0.877. The number of pyridine rings is 1. The molecule has 106 valence electrons. The van der Waals surface area contributed by atoms with Crippen molar-refractivity contribution in [3.05, 3.63) is 76.9 Å². The summed E-state index contributed by atoms with van der Waals surface area (Å²) in [7, 11) is 0. The monoisotopic (exact) mass is 303 g/mol. The number of benzene rings is 1. The number of thiophene rings is 1. The highest BCUT2D eigenvalue weighted by Gasteiger charge is 2.10. The van der Waals surface area contributed by atoms with Crippen LogP contribution in [0.5, 0.6) is 0 Å². The highest BCUT2D eigenvalue weighted by atomic mass is 32.1. The average molecular weight is 303 g/mol. The third-order valence-electron chi connectivity index (χ3n) is 3.40. The normalized spacial score (nSPS) is 11.5. The molecule has 4 heteroatoms. The van der Waals surface area contributed by atoms with Crippen LogP contribution in [0, 0.1) is 0 Å². The predicted molar refractivity (Wildman–Crippen MR) is 92.1 cm³/mol. The molecule has 0 aliphatic carbocycles. The van der Waals surface area contributed by atoms with E-state index in [-0.39, 0.29) is 0 Å². The Morgan fingerprint density at radius 1 is 0.909 bits per heavy atom. The van der Waals surface area contributed by atoms with Gasteiger partial charge in [0.05, 0.1) is 11.0 Å². The Bertz CT molecular complexity index is 922. The Hall–Kier alpha value is -2.72. The molecule has 3 aromatic heterocycles. The van der Waals surface area contributed by atoms with E-state index in [2.05, 4.69) is 33.1 Å². The fraction of sp³-hybridized carbons (Fsp3) is 0. The zero-order valence-electron chi connectivity index (χ0n) is 11.8. The number of nitrogens with zero attached hydrogens (tertiary/aromatic N) is 3.